The van der Waals surface area contributed by atoms with Crippen molar-refractivity contribution >= 4 is 39.9 Å². The molecule has 1 heterocycles. The zero-order valence-electron chi connectivity index (χ0n) is 16.6. The van der Waals surface area contributed by atoms with Gasteiger partial charge in [-0.3, -0.25) is 14.9 Å². The molecule has 7 nitrogen and oxygen atoms in total. The quantitative estimate of drug-likeness (QED) is 0.632. The molecule has 1 aromatic carbocycles. The third-order valence-corrected chi connectivity index (χ3v) is 5.73. The van der Waals surface area contributed by atoms with Crippen LogP contribution in [0, 0.1) is 11.3 Å². The first-order valence-corrected chi connectivity index (χ1v) is 10.2. The Labute approximate surface area is 173 Å². The van der Waals surface area contributed by atoms with Crippen LogP contribution in [0.25, 0.3) is 10.6 Å². The zero-order valence-corrected chi connectivity index (χ0v) is 18.1. The van der Waals surface area contributed by atoms with Crippen molar-refractivity contribution < 1.29 is 14.3 Å². The van der Waals surface area contributed by atoms with E-state index in [1.54, 1.807) is 21.0 Å². The smallest absolute Gasteiger partial charge is 0.249 e. The fourth-order valence-corrected chi connectivity index (χ4v) is 3.11. The predicted octanol–water partition coefficient (Wildman–Crippen LogP) is 3.56. The summed E-state index contributed by atoms with van der Waals surface area (Å²) in [5.74, 6) is 0.187. The van der Waals surface area contributed by atoms with Crippen LogP contribution in [0.2, 0.25) is 0 Å². The Morgan fingerprint density at radius 1 is 1.21 bits per heavy atom. The second-order valence-corrected chi connectivity index (χ2v) is 8.59. The summed E-state index contributed by atoms with van der Waals surface area (Å²) in [4.78, 5) is 25.1. The minimum absolute atomic E-state index is 0.107. The van der Waals surface area contributed by atoms with Gasteiger partial charge >= 0.3 is 0 Å². The van der Waals surface area contributed by atoms with Gasteiger partial charge in [0.25, 0.3) is 0 Å². The van der Waals surface area contributed by atoms with Gasteiger partial charge in [0.1, 0.15) is 16.8 Å². The summed E-state index contributed by atoms with van der Waals surface area (Å²) >= 11 is 7.11. The fourth-order valence-electron chi connectivity index (χ4n) is 2.24. The van der Waals surface area contributed by atoms with Crippen LogP contribution in [0.15, 0.2) is 24.3 Å². The maximum Gasteiger partial charge on any atom is 0.249 e. The highest BCUT2D eigenvalue weighted by molar-refractivity contribution is 7.18. The van der Waals surface area contributed by atoms with E-state index in [-0.39, 0.29) is 23.6 Å². The van der Waals surface area contributed by atoms with Crippen molar-refractivity contribution in [3.8, 4) is 16.3 Å². The first kappa shape index (κ1) is 22.1. The van der Waals surface area contributed by atoms with Gasteiger partial charge in [0.15, 0.2) is 0 Å². The number of ether oxygens (including phenoxy) is 1. The van der Waals surface area contributed by atoms with Crippen molar-refractivity contribution in [2.75, 3.05) is 18.3 Å². The molecule has 2 aromatic rings. The van der Waals surface area contributed by atoms with Crippen molar-refractivity contribution in [2.45, 2.75) is 33.7 Å². The van der Waals surface area contributed by atoms with E-state index in [9.17, 15) is 9.59 Å². The molecule has 0 saturated heterocycles. The molecule has 0 aliphatic carbocycles. The number of rotatable bonds is 8. The maximum absolute atomic E-state index is 12.7. The summed E-state index contributed by atoms with van der Waals surface area (Å²) in [5.41, 5.74) is 0.107. The van der Waals surface area contributed by atoms with E-state index in [0.717, 1.165) is 11.3 Å². The van der Waals surface area contributed by atoms with Crippen molar-refractivity contribution in [3.63, 3.8) is 0 Å². The lowest BCUT2D eigenvalue weighted by Gasteiger charge is -2.26. The number of hydrogen-bond acceptors (Lipinski definition) is 6. The number of hydrogen-bond donors (Lipinski definition) is 2. The molecular weight excluding hydrogens is 400 g/mol. The van der Waals surface area contributed by atoms with Crippen LogP contribution < -0.4 is 15.4 Å². The highest BCUT2D eigenvalue weighted by Gasteiger charge is 2.32. The SMILES string of the molecule is COc1ccc(-c2nnc(NC(=O)C(NC(=O)C(C)(C)CCl)C(C)C)s2)cc1. The molecule has 152 valence electrons. The van der Waals surface area contributed by atoms with Crippen molar-refractivity contribution in [2.24, 2.45) is 11.3 Å². The number of nitrogens with zero attached hydrogens (tertiary/aromatic N) is 2. The molecule has 2 N–H and O–H groups in total. The molecule has 0 spiro atoms. The molecule has 0 radical (unpaired) electrons. The van der Waals surface area contributed by atoms with Crippen molar-refractivity contribution in [1.82, 2.24) is 15.5 Å². The summed E-state index contributed by atoms with van der Waals surface area (Å²) in [6, 6.07) is 6.70. The average Bonchev–Trinajstić information content (AvgIpc) is 3.13. The minimum Gasteiger partial charge on any atom is -0.497 e. The van der Waals surface area contributed by atoms with Gasteiger partial charge in [0.05, 0.1) is 12.5 Å². The Bertz CT molecular complexity index is 821. The lowest BCUT2D eigenvalue weighted by molar-refractivity contribution is -0.132. The van der Waals surface area contributed by atoms with Crippen LogP contribution in [0.5, 0.6) is 5.75 Å². The van der Waals surface area contributed by atoms with Gasteiger partial charge in [-0.05, 0) is 44.0 Å². The first-order valence-electron chi connectivity index (χ1n) is 8.83. The molecule has 2 amide bonds. The molecule has 28 heavy (non-hydrogen) atoms. The number of aromatic nitrogens is 2. The summed E-state index contributed by atoms with van der Waals surface area (Å²) in [6.07, 6.45) is 0. The monoisotopic (exact) mass is 424 g/mol. The molecule has 9 heteroatoms. The Hall–Kier alpha value is -2.19. The third kappa shape index (κ3) is 5.42. The number of alkyl halides is 1. The molecule has 1 unspecified atom stereocenters. The third-order valence-electron chi connectivity index (χ3n) is 4.18. The van der Waals surface area contributed by atoms with Gasteiger partial charge in [-0.2, -0.15) is 0 Å². The van der Waals surface area contributed by atoms with Crippen LogP contribution in [-0.2, 0) is 9.59 Å². The Morgan fingerprint density at radius 3 is 2.39 bits per heavy atom. The van der Waals surface area contributed by atoms with Crippen LogP contribution in [-0.4, -0.2) is 41.0 Å². The number of amides is 2. The van der Waals surface area contributed by atoms with E-state index >= 15 is 0 Å². The largest absolute Gasteiger partial charge is 0.497 e. The molecule has 1 aromatic heterocycles. The van der Waals surface area contributed by atoms with Gasteiger partial charge in [0.2, 0.25) is 16.9 Å². The van der Waals surface area contributed by atoms with E-state index in [2.05, 4.69) is 20.8 Å². The fraction of sp³-hybridized carbons (Fsp3) is 0.474. The molecule has 0 aliphatic rings. The predicted molar refractivity (Wildman–Crippen MR) is 112 cm³/mol. The first-order chi connectivity index (χ1) is 13.2. The van der Waals surface area contributed by atoms with Crippen LogP contribution in [0.1, 0.15) is 27.7 Å². The molecule has 1 atom stereocenters. The van der Waals surface area contributed by atoms with Gasteiger partial charge in [-0.25, -0.2) is 0 Å². The van der Waals surface area contributed by atoms with Crippen molar-refractivity contribution in [1.29, 1.82) is 0 Å². The number of benzene rings is 1. The minimum atomic E-state index is -0.765. The standard InChI is InChI=1S/C19H25ClN4O3S/c1-11(2)14(21-17(26)19(3,4)10-20)15(25)22-18-24-23-16(28-18)12-6-8-13(27-5)9-7-12/h6-9,11,14H,10H2,1-5H3,(H,21,26)(H,22,24,25). The molecule has 0 saturated carbocycles. The number of halogens is 1. The lowest BCUT2D eigenvalue weighted by Crippen LogP contribution is -2.51. The summed E-state index contributed by atoms with van der Waals surface area (Å²) < 4.78 is 5.14. The maximum atomic E-state index is 12.7. The van der Waals surface area contributed by atoms with E-state index in [1.807, 2.05) is 38.1 Å². The highest BCUT2D eigenvalue weighted by Crippen LogP contribution is 2.28. The molecule has 0 fully saturated rings. The van der Waals surface area contributed by atoms with E-state index in [4.69, 9.17) is 16.3 Å². The van der Waals surface area contributed by atoms with Crippen molar-refractivity contribution in [3.05, 3.63) is 24.3 Å². The zero-order chi connectivity index (χ0) is 20.9. The van der Waals surface area contributed by atoms with Crippen LogP contribution >= 0.6 is 22.9 Å². The summed E-state index contributed by atoms with van der Waals surface area (Å²) in [5, 5.41) is 14.7. The molecule has 0 aliphatic heterocycles. The van der Waals surface area contributed by atoms with Gasteiger partial charge in [0, 0.05) is 11.4 Å². The highest BCUT2D eigenvalue weighted by atomic mass is 35.5. The Kier molecular flexibility index (Phi) is 7.37. The lowest BCUT2D eigenvalue weighted by atomic mass is 9.93. The van der Waals surface area contributed by atoms with E-state index in [0.29, 0.717) is 10.1 Å². The Morgan fingerprint density at radius 2 is 1.86 bits per heavy atom. The van der Waals surface area contributed by atoms with Crippen LogP contribution in [0.3, 0.4) is 0 Å². The normalized spacial score (nSPS) is 12.5. The topological polar surface area (TPSA) is 93.2 Å². The molecule has 2 rings (SSSR count). The van der Waals surface area contributed by atoms with Crippen LogP contribution in [0.4, 0.5) is 5.13 Å². The molecular formula is C19H25ClN4O3S. The van der Waals surface area contributed by atoms with Gasteiger partial charge in [-0.1, -0.05) is 25.2 Å². The second kappa shape index (κ2) is 9.34. The van der Waals surface area contributed by atoms with E-state index in [1.165, 1.54) is 11.3 Å². The summed E-state index contributed by atoms with van der Waals surface area (Å²) in [7, 11) is 1.60. The number of anilines is 1. The number of carbonyl (C=O) groups is 2. The van der Waals surface area contributed by atoms with Gasteiger partial charge in [-0.15, -0.1) is 21.8 Å². The number of nitrogens with one attached hydrogen (secondary N) is 2. The van der Waals surface area contributed by atoms with E-state index < -0.39 is 11.5 Å². The Balaban J connectivity index is 2.09. The summed E-state index contributed by atoms with van der Waals surface area (Å²) in [6.45, 7) is 7.19. The number of methoxy groups -OCH3 is 1. The molecule has 0 bridgehead atoms. The van der Waals surface area contributed by atoms with Gasteiger partial charge < -0.3 is 10.1 Å². The second-order valence-electron chi connectivity index (χ2n) is 7.34. The number of carbonyl (C=O) groups excluding carboxylic acids is 2. The average molecular weight is 425 g/mol.